The van der Waals surface area contributed by atoms with Crippen molar-refractivity contribution in [3.8, 4) is 0 Å². The number of alkyl halides is 3. The SMILES string of the molecule is NC(CCc1cnccc1C(F)(F)F)C1CC1. The van der Waals surface area contributed by atoms with Gasteiger partial charge in [-0.3, -0.25) is 4.98 Å². The van der Waals surface area contributed by atoms with Crippen LogP contribution >= 0.6 is 0 Å². The van der Waals surface area contributed by atoms with Gasteiger partial charge in [0.1, 0.15) is 0 Å². The smallest absolute Gasteiger partial charge is 0.327 e. The highest BCUT2D eigenvalue weighted by molar-refractivity contribution is 5.26. The fourth-order valence-corrected chi connectivity index (χ4v) is 1.99. The lowest BCUT2D eigenvalue weighted by Gasteiger charge is -2.14. The van der Waals surface area contributed by atoms with Crippen molar-refractivity contribution in [3.05, 3.63) is 29.6 Å². The van der Waals surface area contributed by atoms with Crippen molar-refractivity contribution in [2.24, 2.45) is 11.7 Å². The van der Waals surface area contributed by atoms with Gasteiger partial charge in [-0.25, -0.2) is 0 Å². The minimum absolute atomic E-state index is 0.0243. The van der Waals surface area contributed by atoms with E-state index in [1.165, 1.54) is 12.4 Å². The third-order valence-electron chi connectivity index (χ3n) is 3.18. The van der Waals surface area contributed by atoms with E-state index in [0.29, 0.717) is 18.8 Å². The van der Waals surface area contributed by atoms with Crippen molar-refractivity contribution in [2.45, 2.75) is 37.9 Å². The van der Waals surface area contributed by atoms with E-state index < -0.39 is 11.7 Å². The Morgan fingerprint density at radius 3 is 2.71 bits per heavy atom. The molecule has 0 aromatic carbocycles. The van der Waals surface area contributed by atoms with Crippen molar-refractivity contribution in [3.63, 3.8) is 0 Å². The molecule has 0 spiro atoms. The van der Waals surface area contributed by atoms with Crippen molar-refractivity contribution >= 4 is 0 Å². The summed E-state index contributed by atoms with van der Waals surface area (Å²) < 4.78 is 38.1. The average Bonchev–Trinajstić information content (AvgIpc) is 3.08. The molecule has 0 bridgehead atoms. The lowest BCUT2D eigenvalue weighted by Crippen LogP contribution is -2.23. The van der Waals surface area contributed by atoms with E-state index in [0.717, 1.165) is 18.9 Å². The van der Waals surface area contributed by atoms with E-state index in [9.17, 15) is 13.2 Å². The van der Waals surface area contributed by atoms with Crippen LogP contribution < -0.4 is 5.73 Å². The van der Waals surface area contributed by atoms with Gasteiger partial charge in [0.15, 0.2) is 0 Å². The van der Waals surface area contributed by atoms with Crippen LogP contribution in [0.5, 0.6) is 0 Å². The molecule has 94 valence electrons. The van der Waals surface area contributed by atoms with Crippen LogP contribution in [0.4, 0.5) is 13.2 Å². The number of rotatable bonds is 4. The minimum Gasteiger partial charge on any atom is -0.327 e. The second kappa shape index (κ2) is 4.64. The molecular weight excluding hydrogens is 229 g/mol. The van der Waals surface area contributed by atoms with E-state index >= 15 is 0 Å². The molecule has 17 heavy (non-hydrogen) atoms. The van der Waals surface area contributed by atoms with Crippen LogP contribution in [-0.2, 0) is 12.6 Å². The summed E-state index contributed by atoms with van der Waals surface area (Å²) in [7, 11) is 0. The molecule has 1 aliphatic carbocycles. The maximum Gasteiger partial charge on any atom is 0.416 e. The van der Waals surface area contributed by atoms with Crippen molar-refractivity contribution in [1.29, 1.82) is 0 Å². The molecule has 0 amide bonds. The molecular formula is C12H15F3N2. The number of aromatic nitrogens is 1. The fourth-order valence-electron chi connectivity index (χ4n) is 1.99. The molecule has 1 saturated carbocycles. The zero-order valence-electron chi connectivity index (χ0n) is 9.37. The molecule has 2 rings (SSSR count). The predicted octanol–water partition coefficient (Wildman–Crippen LogP) is 2.77. The molecule has 0 radical (unpaired) electrons. The normalized spacial score (nSPS) is 18.1. The summed E-state index contributed by atoms with van der Waals surface area (Å²) in [5.41, 5.74) is 5.54. The Kier molecular flexibility index (Phi) is 3.38. The van der Waals surface area contributed by atoms with E-state index in [2.05, 4.69) is 4.98 Å². The summed E-state index contributed by atoms with van der Waals surface area (Å²) in [5, 5.41) is 0. The lowest BCUT2D eigenvalue weighted by molar-refractivity contribution is -0.138. The Labute approximate surface area is 98.0 Å². The van der Waals surface area contributed by atoms with Gasteiger partial charge in [0.05, 0.1) is 5.56 Å². The fraction of sp³-hybridized carbons (Fsp3) is 0.583. The van der Waals surface area contributed by atoms with Crippen molar-refractivity contribution < 1.29 is 13.2 Å². The first-order valence-electron chi connectivity index (χ1n) is 5.74. The van der Waals surface area contributed by atoms with Gasteiger partial charge in [-0.15, -0.1) is 0 Å². The minimum atomic E-state index is -4.30. The standard InChI is InChI=1S/C12H15F3N2/c13-12(14,15)10-5-6-17-7-9(10)3-4-11(16)8-1-2-8/h5-8,11H,1-4,16H2. The van der Waals surface area contributed by atoms with Crippen molar-refractivity contribution in [1.82, 2.24) is 4.98 Å². The Hall–Kier alpha value is -1.10. The number of aryl methyl sites for hydroxylation is 1. The zero-order chi connectivity index (χ0) is 12.5. The Balaban J connectivity index is 2.04. The first kappa shape index (κ1) is 12.4. The van der Waals surface area contributed by atoms with E-state index in [-0.39, 0.29) is 11.6 Å². The number of nitrogens with two attached hydrogens (primary N) is 1. The molecule has 0 saturated heterocycles. The molecule has 2 nitrogen and oxygen atoms in total. The van der Waals surface area contributed by atoms with Crippen LogP contribution in [0.1, 0.15) is 30.4 Å². The molecule has 1 unspecified atom stereocenters. The van der Waals surface area contributed by atoms with Crippen LogP contribution in [-0.4, -0.2) is 11.0 Å². The highest BCUT2D eigenvalue weighted by atomic mass is 19.4. The van der Waals surface area contributed by atoms with Gasteiger partial charge < -0.3 is 5.73 Å². The van der Waals surface area contributed by atoms with Gasteiger partial charge in [-0.2, -0.15) is 13.2 Å². The highest BCUT2D eigenvalue weighted by Crippen LogP contribution is 2.35. The summed E-state index contributed by atoms with van der Waals surface area (Å²) in [6.07, 6.45) is 1.33. The van der Waals surface area contributed by atoms with E-state index in [1.54, 1.807) is 0 Å². The number of hydrogen-bond acceptors (Lipinski definition) is 2. The largest absolute Gasteiger partial charge is 0.416 e. The summed E-state index contributed by atoms with van der Waals surface area (Å²) in [6.45, 7) is 0. The Morgan fingerprint density at radius 1 is 1.41 bits per heavy atom. The molecule has 1 heterocycles. The van der Waals surface area contributed by atoms with Crippen molar-refractivity contribution in [2.75, 3.05) is 0 Å². The number of pyridine rings is 1. The molecule has 1 fully saturated rings. The van der Waals surface area contributed by atoms with Gasteiger partial charge in [-0.05, 0) is 43.2 Å². The molecule has 5 heteroatoms. The van der Waals surface area contributed by atoms with Crippen LogP contribution in [0.25, 0.3) is 0 Å². The van der Waals surface area contributed by atoms with Gasteiger partial charge in [0.25, 0.3) is 0 Å². The van der Waals surface area contributed by atoms with Crippen LogP contribution in [0, 0.1) is 5.92 Å². The van der Waals surface area contributed by atoms with E-state index in [1.807, 2.05) is 0 Å². The van der Waals surface area contributed by atoms with Gasteiger partial charge in [0.2, 0.25) is 0 Å². The third-order valence-corrected chi connectivity index (χ3v) is 3.18. The van der Waals surface area contributed by atoms with Crippen LogP contribution in [0.15, 0.2) is 18.5 Å². The quantitative estimate of drug-likeness (QED) is 0.884. The molecule has 1 atom stereocenters. The second-order valence-electron chi connectivity index (χ2n) is 4.57. The summed E-state index contributed by atoms with van der Waals surface area (Å²) in [5.74, 6) is 0.515. The zero-order valence-corrected chi connectivity index (χ0v) is 9.37. The second-order valence-corrected chi connectivity index (χ2v) is 4.57. The molecule has 1 aliphatic rings. The number of hydrogen-bond donors (Lipinski definition) is 1. The summed E-state index contributed by atoms with van der Waals surface area (Å²) >= 11 is 0. The lowest BCUT2D eigenvalue weighted by atomic mass is 10.0. The monoisotopic (exact) mass is 244 g/mol. The average molecular weight is 244 g/mol. The highest BCUT2D eigenvalue weighted by Gasteiger charge is 2.34. The summed E-state index contributed by atoms with van der Waals surface area (Å²) in [4.78, 5) is 3.76. The first-order valence-corrected chi connectivity index (χ1v) is 5.74. The topological polar surface area (TPSA) is 38.9 Å². The maximum absolute atomic E-state index is 12.7. The number of halogens is 3. The number of nitrogens with zero attached hydrogens (tertiary/aromatic N) is 1. The van der Waals surface area contributed by atoms with Gasteiger partial charge in [-0.1, -0.05) is 0 Å². The summed E-state index contributed by atoms with van der Waals surface area (Å²) in [6, 6.07) is 1.05. The molecule has 1 aromatic rings. The van der Waals surface area contributed by atoms with Gasteiger partial charge in [0, 0.05) is 18.4 Å². The Morgan fingerprint density at radius 2 is 2.12 bits per heavy atom. The third kappa shape index (κ3) is 3.19. The molecule has 1 aromatic heterocycles. The van der Waals surface area contributed by atoms with Gasteiger partial charge >= 0.3 is 6.18 Å². The first-order chi connectivity index (χ1) is 7.98. The maximum atomic E-state index is 12.7. The molecule has 0 aliphatic heterocycles. The van der Waals surface area contributed by atoms with Crippen LogP contribution in [0.2, 0.25) is 0 Å². The van der Waals surface area contributed by atoms with E-state index in [4.69, 9.17) is 5.73 Å². The molecule has 2 N–H and O–H groups in total. The predicted molar refractivity (Wildman–Crippen MR) is 58.3 cm³/mol. The van der Waals surface area contributed by atoms with Crippen LogP contribution in [0.3, 0.4) is 0 Å². The Bertz CT molecular complexity index is 386.